The molecule has 2 aromatic rings. The first-order valence-electron chi connectivity index (χ1n) is 12.2. The van der Waals surface area contributed by atoms with Crippen LogP contribution in [0.1, 0.15) is 79.3 Å². The second-order valence-electron chi connectivity index (χ2n) is 9.35. The molecule has 0 bridgehead atoms. The first kappa shape index (κ1) is 24.4. The molecule has 0 unspecified atom stereocenters. The summed E-state index contributed by atoms with van der Waals surface area (Å²) in [6.45, 7) is 7.96. The highest BCUT2D eigenvalue weighted by atomic mass is 32.2. The van der Waals surface area contributed by atoms with E-state index >= 15 is 0 Å². The molecule has 2 saturated heterocycles. The Morgan fingerprint density at radius 1 is 1.09 bits per heavy atom. The Morgan fingerprint density at radius 2 is 1.76 bits per heavy atom. The molecule has 1 amide bonds. The second-order valence-corrected chi connectivity index (χ2v) is 12.2. The Hall–Kier alpha value is -1.71. The van der Waals surface area contributed by atoms with Gasteiger partial charge in [-0.15, -0.1) is 11.3 Å². The number of piperidine rings is 1. The summed E-state index contributed by atoms with van der Waals surface area (Å²) in [7, 11) is -1.71. The predicted molar refractivity (Wildman–Crippen MR) is 132 cm³/mol. The van der Waals surface area contributed by atoms with Crippen molar-refractivity contribution in [2.75, 3.05) is 19.6 Å². The molecule has 182 valence electrons. The van der Waals surface area contributed by atoms with E-state index in [2.05, 4.69) is 6.92 Å². The molecule has 0 spiro atoms. The summed E-state index contributed by atoms with van der Waals surface area (Å²) < 4.78 is 30.9. The van der Waals surface area contributed by atoms with E-state index in [1.807, 2.05) is 30.4 Å². The first-order chi connectivity index (χ1) is 15.8. The molecule has 1 atom stereocenters. The summed E-state index contributed by atoms with van der Waals surface area (Å²) >= 11 is 1.38. The van der Waals surface area contributed by atoms with E-state index in [0.29, 0.717) is 27.0 Å². The highest BCUT2D eigenvalue weighted by Gasteiger charge is 2.35. The quantitative estimate of drug-likeness (QED) is 0.604. The third kappa shape index (κ3) is 4.64. The van der Waals surface area contributed by atoms with Crippen molar-refractivity contribution in [3.05, 3.63) is 22.3 Å². The van der Waals surface area contributed by atoms with Crippen molar-refractivity contribution in [3.63, 3.8) is 0 Å². The number of likely N-dealkylation sites (tertiary alicyclic amines) is 1. The Morgan fingerprint density at radius 3 is 2.42 bits per heavy atom. The highest BCUT2D eigenvalue weighted by molar-refractivity contribution is 7.89. The zero-order valence-corrected chi connectivity index (χ0v) is 21.9. The van der Waals surface area contributed by atoms with Crippen LogP contribution < -0.4 is 0 Å². The number of thiazole rings is 1. The number of carbonyl (C=O) groups is 1. The van der Waals surface area contributed by atoms with E-state index < -0.39 is 10.0 Å². The van der Waals surface area contributed by atoms with E-state index in [0.717, 1.165) is 63.0 Å². The maximum atomic E-state index is 13.6. The van der Waals surface area contributed by atoms with Gasteiger partial charge in [-0.2, -0.15) is 4.31 Å². The monoisotopic (exact) mass is 492 g/mol. The van der Waals surface area contributed by atoms with Crippen LogP contribution in [0.25, 0.3) is 10.7 Å². The number of rotatable bonds is 5. The summed E-state index contributed by atoms with van der Waals surface area (Å²) in [5.74, 6) is 0.0519. The third-order valence-electron chi connectivity index (χ3n) is 7.22. The van der Waals surface area contributed by atoms with Crippen LogP contribution in [0, 0.1) is 13.8 Å². The smallest absolute Gasteiger partial charge is 0.265 e. The van der Waals surface area contributed by atoms with Crippen molar-refractivity contribution in [1.82, 2.24) is 18.8 Å². The van der Waals surface area contributed by atoms with Crippen LogP contribution in [-0.4, -0.2) is 58.8 Å². The normalized spacial score (nSPS) is 20.7. The number of amides is 1. The molecule has 0 radical (unpaired) electrons. The minimum atomic E-state index is -3.59. The lowest BCUT2D eigenvalue weighted by molar-refractivity contribution is 0.0765. The van der Waals surface area contributed by atoms with Gasteiger partial charge in [0.15, 0.2) is 0 Å². The van der Waals surface area contributed by atoms with Gasteiger partial charge in [-0.1, -0.05) is 26.2 Å². The van der Waals surface area contributed by atoms with Crippen molar-refractivity contribution < 1.29 is 13.2 Å². The lowest BCUT2D eigenvalue weighted by Gasteiger charge is -2.34. The van der Waals surface area contributed by atoms with Gasteiger partial charge in [0.2, 0.25) is 10.0 Å². The molecule has 2 aromatic heterocycles. The summed E-state index contributed by atoms with van der Waals surface area (Å²) in [5.41, 5.74) is 2.17. The van der Waals surface area contributed by atoms with Gasteiger partial charge in [0, 0.05) is 38.4 Å². The molecular weight excluding hydrogens is 456 g/mol. The maximum Gasteiger partial charge on any atom is 0.265 e. The van der Waals surface area contributed by atoms with Crippen LogP contribution in [0.5, 0.6) is 0 Å². The average Bonchev–Trinajstić information content (AvgIpc) is 3.19. The molecule has 0 saturated carbocycles. The van der Waals surface area contributed by atoms with E-state index in [9.17, 15) is 13.2 Å². The van der Waals surface area contributed by atoms with E-state index in [1.54, 1.807) is 10.4 Å². The fraction of sp³-hybridized carbons (Fsp3) is 0.667. The highest BCUT2D eigenvalue weighted by Crippen LogP contribution is 2.35. The maximum absolute atomic E-state index is 13.6. The number of nitrogens with zero attached hydrogens (tertiary/aromatic N) is 4. The van der Waals surface area contributed by atoms with Crippen molar-refractivity contribution in [2.24, 2.45) is 7.05 Å². The zero-order chi connectivity index (χ0) is 23.8. The Labute approximate surface area is 201 Å². The fourth-order valence-electron chi connectivity index (χ4n) is 5.08. The molecule has 4 rings (SSSR count). The number of carbonyl (C=O) groups excluding carboxylic acids is 1. The van der Waals surface area contributed by atoms with Gasteiger partial charge in [-0.3, -0.25) is 4.79 Å². The Balaban J connectivity index is 1.67. The summed E-state index contributed by atoms with van der Waals surface area (Å²) in [6.07, 6.45) is 8.17. The molecule has 2 fully saturated rings. The minimum Gasteiger partial charge on any atom is -0.345 e. The minimum absolute atomic E-state index is 0.0519. The SMILES string of the molecule is CC[C@@H]1CCCCN1S(=O)(=O)c1cc(-c2nc(C)c(C(=O)N3CCCCCC3)s2)n(C)c1C. The second kappa shape index (κ2) is 9.88. The van der Waals surface area contributed by atoms with Gasteiger partial charge in [-0.25, -0.2) is 13.4 Å². The first-order valence-corrected chi connectivity index (χ1v) is 14.5. The topological polar surface area (TPSA) is 75.5 Å². The number of hydrogen-bond acceptors (Lipinski definition) is 5. The lowest BCUT2D eigenvalue weighted by Crippen LogP contribution is -2.43. The number of aryl methyl sites for hydroxylation is 1. The Kier molecular flexibility index (Phi) is 7.31. The molecule has 0 aliphatic carbocycles. The van der Waals surface area contributed by atoms with Crippen LogP contribution in [0.3, 0.4) is 0 Å². The molecule has 9 heteroatoms. The van der Waals surface area contributed by atoms with Crippen LogP contribution in [0.15, 0.2) is 11.0 Å². The van der Waals surface area contributed by atoms with Crippen molar-refractivity contribution in [2.45, 2.75) is 83.1 Å². The summed E-state index contributed by atoms with van der Waals surface area (Å²) in [5, 5.41) is 0.698. The van der Waals surface area contributed by atoms with Crippen molar-refractivity contribution in [3.8, 4) is 10.7 Å². The zero-order valence-electron chi connectivity index (χ0n) is 20.3. The molecular formula is C24H36N4O3S2. The predicted octanol–water partition coefficient (Wildman–Crippen LogP) is 4.73. The number of hydrogen-bond donors (Lipinski definition) is 0. The standard InChI is InChI=1S/C24H36N4O3S2/c1-5-19-12-8-11-15-28(19)33(30,31)21-16-20(26(4)18(21)3)23-25-17(2)22(32-23)24(29)27-13-9-6-7-10-14-27/h16,19H,5-15H2,1-4H3/t19-/m1/s1. The van der Waals surface area contributed by atoms with Crippen LogP contribution in [0.4, 0.5) is 0 Å². The molecule has 33 heavy (non-hydrogen) atoms. The molecule has 2 aliphatic rings. The molecule has 0 N–H and O–H groups in total. The number of aromatic nitrogens is 2. The van der Waals surface area contributed by atoms with E-state index in [-0.39, 0.29) is 11.9 Å². The largest absolute Gasteiger partial charge is 0.345 e. The summed E-state index contributed by atoms with van der Waals surface area (Å²) in [6, 6.07) is 1.82. The van der Waals surface area contributed by atoms with Gasteiger partial charge < -0.3 is 9.47 Å². The number of sulfonamides is 1. The van der Waals surface area contributed by atoms with E-state index in [1.165, 1.54) is 24.2 Å². The van der Waals surface area contributed by atoms with Crippen LogP contribution >= 0.6 is 11.3 Å². The van der Waals surface area contributed by atoms with Crippen LogP contribution in [0.2, 0.25) is 0 Å². The van der Waals surface area contributed by atoms with Gasteiger partial charge in [0.05, 0.1) is 11.4 Å². The van der Waals surface area contributed by atoms with Gasteiger partial charge in [0.25, 0.3) is 5.91 Å². The van der Waals surface area contributed by atoms with Crippen LogP contribution in [-0.2, 0) is 17.1 Å². The average molecular weight is 493 g/mol. The lowest BCUT2D eigenvalue weighted by atomic mass is 10.0. The van der Waals surface area contributed by atoms with Gasteiger partial charge in [0.1, 0.15) is 14.8 Å². The van der Waals surface area contributed by atoms with Gasteiger partial charge in [-0.05, 0) is 52.0 Å². The van der Waals surface area contributed by atoms with Crippen molar-refractivity contribution in [1.29, 1.82) is 0 Å². The van der Waals surface area contributed by atoms with Crippen molar-refractivity contribution >= 4 is 27.3 Å². The molecule has 2 aliphatic heterocycles. The fourth-order valence-corrected chi connectivity index (χ4v) is 8.21. The summed E-state index contributed by atoms with van der Waals surface area (Å²) in [4.78, 5) is 20.9. The molecule has 4 heterocycles. The molecule has 7 nitrogen and oxygen atoms in total. The molecule has 0 aromatic carbocycles. The third-order valence-corrected chi connectivity index (χ3v) is 10.5. The van der Waals surface area contributed by atoms with Gasteiger partial charge >= 0.3 is 0 Å². The van der Waals surface area contributed by atoms with E-state index in [4.69, 9.17) is 4.98 Å². The Bertz CT molecular complexity index is 1110.